The minimum Gasteiger partial charge on any atom is -0.488 e. The van der Waals surface area contributed by atoms with Crippen LogP contribution in [0.25, 0.3) is 6.08 Å². The number of rotatable bonds is 8. The molecule has 1 aliphatic heterocycles. The Morgan fingerprint density at radius 2 is 1.87 bits per heavy atom. The van der Waals surface area contributed by atoms with E-state index in [0.29, 0.717) is 29.0 Å². The van der Waals surface area contributed by atoms with Gasteiger partial charge in [0, 0.05) is 13.2 Å². The number of thiocarbonyl (C=S) groups is 1. The lowest BCUT2D eigenvalue weighted by Gasteiger charge is -2.17. The van der Waals surface area contributed by atoms with Gasteiger partial charge in [-0.15, -0.1) is 0 Å². The lowest BCUT2D eigenvalue weighted by Crippen LogP contribution is -2.25. The van der Waals surface area contributed by atoms with E-state index in [0.717, 1.165) is 11.3 Å². The van der Waals surface area contributed by atoms with Gasteiger partial charge in [0.1, 0.15) is 16.7 Å². The monoisotopic (exact) mass is 353 g/mol. The van der Waals surface area contributed by atoms with Crippen LogP contribution in [0.2, 0.25) is 0 Å². The summed E-state index contributed by atoms with van der Waals surface area (Å²) in [6, 6.07) is 7.45. The van der Waals surface area contributed by atoms with Crippen LogP contribution in [-0.2, 0) is 14.3 Å². The Labute approximate surface area is 145 Å². The van der Waals surface area contributed by atoms with Gasteiger partial charge < -0.3 is 19.5 Å². The van der Waals surface area contributed by atoms with Crippen LogP contribution in [-0.4, -0.2) is 36.3 Å². The van der Waals surface area contributed by atoms with Gasteiger partial charge in [0.2, 0.25) is 0 Å². The van der Waals surface area contributed by atoms with Crippen LogP contribution < -0.4 is 10.1 Å². The zero-order chi connectivity index (χ0) is 16.7. The van der Waals surface area contributed by atoms with Crippen LogP contribution in [0.4, 0.5) is 0 Å². The maximum absolute atomic E-state index is 11.6. The smallest absolute Gasteiger partial charge is 0.263 e. The predicted molar refractivity (Wildman–Crippen MR) is 95.3 cm³/mol. The summed E-state index contributed by atoms with van der Waals surface area (Å²) < 4.78 is 17.0. The van der Waals surface area contributed by atoms with Crippen LogP contribution in [0.15, 0.2) is 29.2 Å². The van der Waals surface area contributed by atoms with E-state index in [4.69, 9.17) is 26.4 Å². The number of benzene rings is 1. The molecule has 1 fully saturated rings. The van der Waals surface area contributed by atoms with Gasteiger partial charge in [-0.05, 0) is 37.6 Å². The largest absolute Gasteiger partial charge is 0.488 e. The minimum absolute atomic E-state index is 0.156. The zero-order valence-corrected chi connectivity index (χ0v) is 14.7. The molecule has 1 aliphatic rings. The van der Waals surface area contributed by atoms with E-state index < -0.39 is 0 Å². The molecule has 0 aliphatic carbocycles. The number of hydrogen-bond acceptors (Lipinski definition) is 6. The first kappa shape index (κ1) is 17.9. The fourth-order valence-corrected chi connectivity index (χ4v) is 2.96. The summed E-state index contributed by atoms with van der Waals surface area (Å²) in [5, 5.41) is 2.59. The second-order valence-electron chi connectivity index (χ2n) is 4.57. The molecule has 0 spiro atoms. The molecule has 1 aromatic carbocycles. The summed E-state index contributed by atoms with van der Waals surface area (Å²) in [6.45, 7) is 5.30. The van der Waals surface area contributed by atoms with E-state index in [1.54, 1.807) is 6.08 Å². The standard InChI is InChI=1S/C16H19NO4S2/c1-3-19-14(20-4-2)10-21-12-7-5-11(6-8-12)9-13-15(18)17-16(22)23-13/h5-9,14H,3-4,10H2,1-2H3,(H,17,18,22). The lowest BCUT2D eigenvalue weighted by atomic mass is 10.2. The maximum Gasteiger partial charge on any atom is 0.263 e. The molecule has 0 atom stereocenters. The van der Waals surface area contributed by atoms with E-state index in [2.05, 4.69) is 5.32 Å². The Hall–Kier alpha value is -1.41. The highest BCUT2D eigenvalue weighted by Crippen LogP contribution is 2.26. The van der Waals surface area contributed by atoms with E-state index >= 15 is 0 Å². The maximum atomic E-state index is 11.6. The van der Waals surface area contributed by atoms with Crippen molar-refractivity contribution < 1.29 is 19.0 Å². The fourth-order valence-electron chi connectivity index (χ4n) is 1.91. The van der Waals surface area contributed by atoms with Gasteiger partial charge in [0.15, 0.2) is 6.29 Å². The highest BCUT2D eigenvalue weighted by Gasteiger charge is 2.21. The number of ether oxygens (including phenoxy) is 3. The Bertz CT molecular complexity index is 580. The van der Waals surface area contributed by atoms with Gasteiger partial charge in [-0.25, -0.2) is 0 Å². The van der Waals surface area contributed by atoms with Crippen molar-refractivity contribution in [3.05, 3.63) is 34.7 Å². The van der Waals surface area contributed by atoms with Crippen LogP contribution in [0.3, 0.4) is 0 Å². The highest BCUT2D eigenvalue weighted by molar-refractivity contribution is 8.26. The van der Waals surface area contributed by atoms with Crippen molar-refractivity contribution >= 4 is 40.3 Å². The second kappa shape index (κ2) is 9.02. The molecule has 23 heavy (non-hydrogen) atoms. The minimum atomic E-state index is -0.369. The molecule has 0 unspecified atom stereocenters. The third-order valence-electron chi connectivity index (χ3n) is 2.91. The normalized spacial score (nSPS) is 16.2. The molecule has 1 heterocycles. The molecule has 124 valence electrons. The number of carbonyl (C=O) groups is 1. The van der Waals surface area contributed by atoms with Crippen molar-refractivity contribution in [2.45, 2.75) is 20.1 Å². The second-order valence-corrected chi connectivity index (χ2v) is 6.29. The first-order valence-electron chi connectivity index (χ1n) is 7.33. The van der Waals surface area contributed by atoms with Crippen molar-refractivity contribution in [3.63, 3.8) is 0 Å². The summed E-state index contributed by atoms with van der Waals surface area (Å²) in [7, 11) is 0. The summed E-state index contributed by atoms with van der Waals surface area (Å²) in [4.78, 5) is 12.2. The summed E-state index contributed by atoms with van der Waals surface area (Å²) >= 11 is 6.22. The van der Waals surface area contributed by atoms with Gasteiger partial charge in [0.25, 0.3) is 5.91 Å². The summed E-state index contributed by atoms with van der Waals surface area (Å²) in [5.41, 5.74) is 0.908. The Balaban J connectivity index is 1.93. The van der Waals surface area contributed by atoms with E-state index in [-0.39, 0.29) is 12.2 Å². The molecule has 7 heteroatoms. The van der Waals surface area contributed by atoms with Gasteiger partial charge in [0.05, 0.1) is 4.91 Å². The molecule has 0 aromatic heterocycles. The Kier molecular flexibility index (Phi) is 7.04. The number of hydrogen-bond donors (Lipinski definition) is 1. The average molecular weight is 353 g/mol. The molecule has 0 saturated carbocycles. The number of thioether (sulfide) groups is 1. The van der Waals surface area contributed by atoms with Gasteiger partial charge in [-0.3, -0.25) is 4.79 Å². The first-order chi connectivity index (χ1) is 11.1. The van der Waals surface area contributed by atoms with Crippen molar-refractivity contribution in [2.24, 2.45) is 0 Å². The molecule has 2 rings (SSSR count). The van der Waals surface area contributed by atoms with Crippen molar-refractivity contribution in [1.82, 2.24) is 5.32 Å². The van der Waals surface area contributed by atoms with Crippen LogP contribution >= 0.6 is 24.0 Å². The Morgan fingerprint density at radius 3 is 2.39 bits per heavy atom. The van der Waals surface area contributed by atoms with Crippen molar-refractivity contribution in [2.75, 3.05) is 19.8 Å². The molecule has 5 nitrogen and oxygen atoms in total. The lowest BCUT2D eigenvalue weighted by molar-refractivity contribution is -0.152. The number of amides is 1. The van der Waals surface area contributed by atoms with E-state index in [1.165, 1.54) is 11.8 Å². The fraction of sp³-hybridized carbons (Fsp3) is 0.375. The van der Waals surface area contributed by atoms with Crippen molar-refractivity contribution in [3.8, 4) is 5.75 Å². The predicted octanol–water partition coefficient (Wildman–Crippen LogP) is 2.95. The molecule has 1 N–H and O–H groups in total. The summed E-state index contributed by atoms with van der Waals surface area (Å²) in [6.07, 6.45) is 1.43. The zero-order valence-electron chi connectivity index (χ0n) is 13.0. The van der Waals surface area contributed by atoms with Gasteiger partial charge in [-0.1, -0.05) is 36.1 Å². The summed E-state index contributed by atoms with van der Waals surface area (Å²) in [5.74, 6) is 0.562. The molecule has 1 saturated heterocycles. The highest BCUT2D eigenvalue weighted by atomic mass is 32.2. The van der Waals surface area contributed by atoms with Crippen LogP contribution in [0, 0.1) is 0 Å². The first-order valence-corrected chi connectivity index (χ1v) is 8.55. The van der Waals surface area contributed by atoms with Gasteiger partial charge in [-0.2, -0.15) is 0 Å². The van der Waals surface area contributed by atoms with E-state index in [1.807, 2.05) is 38.1 Å². The molecule has 0 radical (unpaired) electrons. The molecular formula is C16H19NO4S2. The van der Waals surface area contributed by atoms with Crippen molar-refractivity contribution in [1.29, 1.82) is 0 Å². The third kappa shape index (κ3) is 5.62. The number of carbonyl (C=O) groups excluding carboxylic acids is 1. The average Bonchev–Trinajstić information content (AvgIpc) is 2.84. The van der Waals surface area contributed by atoms with Crippen LogP contribution in [0.5, 0.6) is 5.75 Å². The third-order valence-corrected chi connectivity index (χ3v) is 4.07. The van der Waals surface area contributed by atoms with Crippen LogP contribution in [0.1, 0.15) is 19.4 Å². The Morgan fingerprint density at radius 1 is 1.22 bits per heavy atom. The van der Waals surface area contributed by atoms with Gasteiger partial charge >= 0.3 is 0 Å². The molecule has 1 aromatic rings. The topological polar surface area (TPSA) is 56.8 Å². The van der Waals surface area contributed by atoms with E-state index in [9.17, 15) is 4.79 Å². The molecular weight excluding hydrogens is 334 g/mol. The quantitative estimate of drug-likeness (QED) is 0.441. The SMILES string of the molecule is CCOC(COc1ccc(C=C2SC(=S)NC2=O)cc1)OCC. The molecule has 0 bridgehead atoms. The molecule has 1 amide bonds. The number of nitrogens with one attached hydrogen (secondary N) is 1.